The lowest BCUT2D eigenvalue weighted by atomic mass is 10.1. The Bertz CT molecular complexity index is 1030. The second-order valence-corrected chi connectivity index (χ2v) is 9.15. The van der Waals surface area contributed by atoms with Crippen molar-refractivity contribution in [2.75, 3.05) is 0 Å². The Kier molecular flexibility index (Phi) is 4.46. The molecule has 4 aromatic carbocycles. The van der Waals surface area contributed by atoms with Gasteiger partial charge in [0.05, 0.1) is 0 Å². The number of benzene rings is 4. The van der Waals surface area contributed by atoms with Crippen LogP contribution >= 0.6 is 7.14 Å². The van der Waals surface area contributed by atoms with Crippen LogP contribution in [0.1, 0.15) is 11.4 Å². The molecule has 0 aromatic heterocycles. The zero-order chi connectivity index (χ0) is 18.0. The molecule has 26 heavy (non-hydrogen) atoms. The molecule has 0 radical (unpaired) electrons. The number of fused-ring (bicyclic) bond motifs is 1. The van der Waals surface area contributed by atoms with Crippen LogP contribution in [-0.2, 0) is 4.57 Å². The monoisotopic (exact) mass is 358 g/mol. The molecule has 0 saturated carbocycles. The third-order valence-electron chi connectivity index (χ3n) is 4.70. The first-order chi connectivity index (χ1) is 12.7. The molecule has 128 valence electrons. The van der Waals surface area contributed by atoms with Gasteiger partial charge in [-0.2, -0.15) is 0 Å². The molecule has 0 aliphatic heterocycles. The highest BCUT2D eigenvalue weighted by molar-refractivity contribution is 7.78. The molecular weight excluding hydrogens is 339 g/mol. The minimum absolute atomic E-state index is 0.659. The summed E-state index contributed by atoms with van der Waals surface area (Å²) in [5, 5.41) is 14.7. The summed E-state index contributed by atoms with van der Waals surface area (Å²) in [6.45, 7) is 0. The maximum Gasteiger partial charge on any atom is 0.174 e. The minimum Gasteiger partial charge on any atom is -0.380 e. The van der Waals surface area contributed by atoms with Crippen LogP contribution in [0.2, 0.25) is 0 Å². The van der Waals surface area contributed by atoms with Crippen LogP contribution in [0.3, 0.4) is 0 Å². The third kappa shape index (κ3) is 2.88. The average molecular weight is 358 g/mol. The molecule has 1 unspecified atom stereocenters. The van der Waals surface area contributed by atoms with E-state index in [2.05, 4.69) is 0 Å². The van der Waals surface area contributed by atoms with E-state index in [0.29, 0.717) is 16.2 Å². The summed E-state index contributed by atoms with van der Waals surface area (Å²) in [5.74, 6) is -1.10. The molecule has 0 amide bonds. The van der Waals surface area contributed by atoms with E-state index in [9.17, 15) is 9.67 Å². The lowest BCUT2D eigenvalue weighted by molar-refractivity contribution is 0.257. The van der Waals surface area contributed by atoms with Crippen LogP contribution in [-0.4, -0.2) is 5.11 Å². The normalized spacial score (nSPS) is 12.8. The smallest absolute Gasteiger partial charge is 0.174 e. The quantitative estimate of drug-likeness (QED) is 0.530. The van der Waals surface area contributed by atoms with Gasteiger partial charge in [-0.3, -0.25) is 0 Å². The van der Waals surface area contributed by atoms with Crippen LogP contribution < -0.4 is 10.6 Å². The van der Waals surface area contributed by atoms with Crippen molar-refractivity contribution < 1.29 is 9.67 Å². The van der Waals surface area contributed by atoms with E-state index in [1.165, 1.54) is 0 Å². The summed E-state index contributed by atoms with van der Waals surface area (Å²) in [6, 6.07) is 32.3. The zero-order valence-electron chi connectivity index (χ0n) is 14.2. The predicted octanol–water partition coefficient (Wildman–Crippen LogP) is 4.84. The van der Waals surface area contributed by atoms with E-state index < -0.39 is 13.0 Å². The summed E-state index contributed by atoms with van der Waals surface area (Å²) >= 11 is 0. The highest BCUT2D eigenvalue weighted by atomic mass is 31.2. The van der Waals surface area contributed by atoms with Crippen LogP contribution in [0.25, 0.3) is 10.8 Å². The topological polar surface area (TPSA) is 37.3 Å². The molecule has 0 aliphatic rings. The first-order valence-corrected chi connectivity index (χ1v) is 10.3. The summed E-state index contributed by atoms with van der Waals surface area (Å²) < 4.78 is 14.2. The average Bonchev–Trinajstić information content (AvgIpc) is 2.73. The summed E-state index contributed by atoms with van der Waals surface area (Å²) in [6.07, 6.45) is 0. The summed E-state index contributed by atoms with van der Waals surface area (Å²) in [4.78, 5) is 0. The number of aliphatic hydroxyl groups excluding tert-OH is 1. The molecule has 0 saturated heterocycles. The second kappa shape index (κ2) is 6.92. The number of aliphatic hydroxyl groups is 1. The number of rotatable bonds is 4. The third-order valence-corrected chi connectivity index (χ3v) is 7.81. The van der Waals surface area contributed by atoms with Crippen LogP contribution in [0.5, 0.6) is 0 Å². The number of hydrogen-bond acceptors (Lipinski definition) is 2. The Balaban J connectivity index is 1.89. The van der Waals surface area contributed by atoms with E-state index in [4.69, 9.17) is 0 Å². The molecule has 0 bridgehead atoms. The van der Waals surface area contributed by atoms with Gasteiger partial charge in [0.25, 0.3) is 0 Å². The van der Waals surface area contributed by atoms with Crippen molar-refractivity contribution in [3.05, 3.63) is 109 Å². The van der Waals surface area contributed by atoms with Crippen molar-refractivity contribution in [1.29, 1.82) is 0 Å². The van der Waals surface area contributed by atoms with Crippen LogP contribution in [0, 0.1) is 0 Å². The molecule has 1 atom stereocenters. The van der Waals surface area contributed by atoms with E-state index >= 15 is 0 Å². The molecule has 0 fully saturated rings. The Morgan fingerprint density at radius 2 is 1.12 bits per heavy atom. The molecular formula is C23H19O2P. The van der Waals surface area contributed by atoms with E-state index in [1.54, 1.807) is 0 Å². The van der Waals surface area contributed by atoms with Gasteiger partial charge in [0.1, 0.15) is 5.85 Å². The van der Waals surface area contributed by atoms with Gasteiger partial charge in [-0.1, -0.05) is 97.1 Å². The van der Waals surface area contributed by atoms with E-state index in [1.807, 2.05) is 103 Å². The fourth-order valence-electron chi connectivity index (χ4n) is 3.31. The Morgan fingerprint density at radius 1 is 0.615 bits per heavy atom. The fraction of sp³-hybridized carbons (Fsp3) is 0.0435. The van der Waals surface area contributed by atoms with Gasteiger partial charge in [0, 0.05) is 10.6 Å². The van der Waals surface area contributed by atoms with Crippen LogP contribution in [0.4, 0.5) is 0 Å². The van der Waals surface area contributed by atoms with Crippen molar-refractivity contribution in [2.45, 2.75) is 5.85 Å². The van der Waals surface area contributed by atoms with Crippen molar-refractivity contribution in [3.8, 4) is 0 Å². The fourth-order valence-corrected chi connectivity index (χ4v) is 5.98. The summed E-state index contributed by atoms with van der Waals surface area (Å²) in [7, 11) is -3.26. The maximum absolute atomic E-state index is 14.2. The number of hydrogen-bond donors (Lipinski definition) is 1. The maximum atomic E-state index is 14.2. The lowest BCUT2D eigenvalue weighted by Gasteiger charge is -2.25. The lowest BCUT2D eigenvalue weighted by Crippen LogP contribution is -2.21. The van der Waals surface area contributed by atoms with Gasteiger partial charge in [0.2, 0.25) is 0 Å². The molecule has 0 spiro atoms. The van der Waals surface area contributed by atoms with Crippen molar-refractivity contribution in [3.63, 3.8) is 0 Å². The predicted molar refractivity (Wildman–Crippen MR) is 109 cm³/mol. The van der Waals surface area contributed by atoms with Gasteiger partial charge in [-0.25, -0.2) is 0 Å². The van der Waals surface area contributed by atoms with Gasteiger partial charge >= 0.3 is 0 Å². The molecule has 1 N–H and O–H groups in total. The highest BCUT2D eigenvalue weighted by Crippen LogP contribution is 2.55. The summed E-state index contributed by atoms with van der Waals surface area (Å²) in [5.41, 5.74) is 0.666. The first kappa shape index (κ1) is 16.8. The van der Waals surface area contributed by atoms with E-state index in [0.717, 1.165) is 10.8 Å². The Morgan fingerprint density at radius 3 is 1.69 bits per heavy atom. The second-order valence-electron chi connectivity index (χ2n) is 6.31. The Hall–Kier alpha value is -2.67. The van der Waals surface area contributed by atoms with Crippen LogP contribution in [0.15, 0.2) is 103 Å². The van der Waals surface area contributed by atoms with Gasteiger partial charge in [-0.05, 0) is 22.4 Å². The van der Waals surface area contributed by atoms with Gasteiger partial charge in [0.15, 0.2) is 7.14 Å². The zero-order valence-corrected chi connectivity index (χ0v) is 15.1. The van der Waals surface area contributed by atoms with E-state index in [-0.39, 0.29) is 0 Å². The largest absolute Gasteiger partial charge is 0.380 e. The minimum atomic E-state index is -3.26. The molecule has 0 aliphatic carbocycles. The standard InChI is InChI=1S/C23H19O2P/c24-23(20-16-15-18-9-7-8-10-19(18)17-20)26(25,21-11-3-1-4-12-21)22-13-5-2-6-14-22/h1-17,23-24H. The van der Waals surface area contributed by atoms with Gasteiger partial charge in [-0.15, -0.1) is 0 Å². The molecule has 2 nitrogen and oxygen atoms in total. The van der Waals surface area contributed by atoms with Crippen molar-refractivity contribution in [1.82, 2.24) is 0 Å². The van der Waals surface area contributed by atoms with Crippen molar-refractivity contribution in [2.24, 2.45) is 0 Å². The van der Waals surface area contributed by atoms with Gasteiger partial charge < -0.3 is 9.67 Å². The SMILES string of the molecule is O=P(c1ccccc1)(c1ccccc1)C(O)c1ccc2ccccc2c1. The molecule has 0 heterocycles. The first-order valence-electron chi connectivity index (χ1n) is 8.57. The Labute approximate surface area is 153 Å². The highest BCUT2D eigenvalue weighted by Gasteiger charge is 2.36. The van der Waals surface area contributed by atoms with Crippen molar-refractivity contribution >= 4 is 28.5 Å². The molecule has 4 aromatic rings. The molecule has 4 rings (SSSR count). The molecule has 3 heteroatoms.